The van der Waals surface area contributed by atoms with Gasteiger partial charge in [0.05, 0.1) is 0 Å². The second-order valence-corrected chi connectivity index (χ2v) is 3.30. The number of hydrogen-bond acceptors (Lipinski definition) is 2. The van der Waals surface area contributed by atoms with E-state index in [1.165, 1.54) is 11.6 Å². The summed E-state index contributed by atoms with van der Waals surface area (Å²) < 4.78 is 14.6. The lowest BCUT2D eigenvalue weighted by Gasteiger charge is -1.97. The lowest BCUT2D eigenvalue weighted by molar-refractivity contribution is 0.365. The predicted molar refractivity (Wildman–Crippen MR) is 51.9 cm³/mol. The van der Waals surface area contributed by atoms with Crippen LogP contribution in [0.2, 0.25) is 0 Å². The summed E-state index contributed by atoms with van der Waals surface area (Å²) in [6.45, 7) is 1.44. The SMILES string of the molecule is CC(F)c1nn(C)c2c(O)cccc12. The van der Waals surface area contributed by atoms with Crippen LogP contribution in [0.25, 0.3) is 10.9 Å². The van der Waals surface area contributed by atoms with E-state index < -0.39 is 6.17 Å². The van der Waals surface area contributed by atoms with Gasteiger partial charge >= 0.3 is 0 Å². The van der Waals surface area contributed by atoms with Crippen LogP contribution < -0.4 is 0 Å². The summed E-state index contributed by atoms with van der Waals surface area (Å²) in [4.78, 5) is 0. The van der Waals surface area contributed by atoms with Gasteiger partial charge in [0.1, 0.15) is 23.1 Å². The van der Waals surface area contributed by atoms with Crippen molar-refractivity contribution in [3.05, 3.63) is 23.9 Å². The number of hydrogen-bond donors (Lipinski definition) is 1. The molecule has 1 heterocycles. The van der Waals surface area contributed by atoms with Gasteiger partial charge in [-0.1, -0.05) is 12.1 Å². The van der Waals surface area contributed by atoms with Gasteiger partial charge in [-0.05, 0) is 13.0 Å². The Morgan fingerprint density at radius 3 is 2.86 bits per heavy atom. The highest BCUT2D eigenvalue weighted by molar-refractivity contribution is 5.87. The smallest absolute Gasteiger partial charge is 0.142 e. The maximum Gasteiger partial charge on any atom is 0.142 e. The van der Waals surface area contributed by atoms with E-state index in [1.54, 1.807) is 25.2 Å². The fraction of sp³-hybridized carbons (Fsp3) is 0.300. The summed E-state index contributed by atoms with van der Waals surface area (Å²) in [5.74, 6) is 0.129. The van der Waals surface area contributed by atoms with Crippen molar-refractivity contribution in [3.8, 4) is 5.75 Å². The number of aryl methyl sites for hydroxylation is 1. The zero-order chi connectivity index (χ0) is 10.3. The topological polar surface area (TPSA) is 38.0 Å². The minimum Gasteiger partial charge on any atom is -0.506 e. The van der Waals surface area contributed by atoms with Crippen LogP contribution in [0.1, 0.15) is 18.8 Å². The number of phenols is 1. The number of aromatic nitrogens is 2. The maximum absolute atomic E-state index is 13.2. The number of rotatable bonds is 1. The maximum atomic E-state index is 13.2. The quantitative estimate of drug-likeness (QED) is 0.756. The minimum absolute atomic E-state index is 0.129. The molecule has 2 rings (SSSR count). The summed E-state index contributed by atoms with van der Waals surface area (Å²) in [7, 11) is 1.69. The fourth-order valence-electron chi connectivity index (χ4n) is 1.64. The van der Waals surface area contributed by atoms with E-state index in [0.29, 0.717) is 16.6 Å². The van der Waals surface area contributed by atoms with E-state index in [-0.39, 0.29) is 5.75 Å². The Bertz CT molecular complexity index is 476. The molecule has 0 saturated heterocycles. The molecule has 4 heteroatoms. The highest BCUT2D eigenvalue weighted by Crippen LogP contribution is 2.30. The third kappa shape index (κ3) is 1.14. The van der Waals surface area contributed by atoms with E-state index in [0.717, 1.165) is 0 Å². The number of fused-ring (bicyclic) bond motifs is 1. The zero-order valence-electron chi connectivity index (χ0n) is 8.03. The van der Waals surface area contributed by atoms with Crippen LogP contribution in [0.15, 0.2) is 18.2 Å². The summed E-state index contributed by atoms with van der Waals surface area (Å²) in [6, 6.07) is 5.01. The van der Waals surface area contributed by atoms with Crippen LogP contribution in [0.4, 0.5) is 4.39 Å². The van der Waals surface area contributed by atoms with Gasteiger partial charge in [-0.2, -0.15) is 5.10 Å². The van der Waals surface area contributed by atoms with Gasteiger partial charge in [0.25, 0.3) is 0 Å². The predicted octanol–water partition coefficient (Wildman–Crippen LogP) is 2.31. The summed E-state index contributed by atoms with van der Waals surface area (Å²) in [5, 5.41) is 14.3. The molecule has 0 bridgehead atoms. The van der Waals surface area contributed by atoms with Crippen molar-refractivity contribution < 1.29 is 9.50 Å². The number of halogens is 1. The number of alkyl halides is 1. The molecule has 1 unspecified atom stereocenters. The third-order valence-corrected chi connectivity index (χ3v) is 2.25. The molecular formula is C10H11FN2O. The van der Waals surface area contributed by atoms with Gasteiger partial charge in [-0.15, -0.1) is 0 Å². The van der Waals surface area contributed by atoms with Crippen molar-refractivity contribution in [1.82, 2.24) is 9.78 Å². The number of benzene rings is 1. The van der Waals surface area contributed by atoms with Crippen molar-refractivity contribution in [3.63, 3.8) is 0 Å². The van der Waals surface area contributed by atoms with Gasteiger partial charge in [-0.3, -0.25) is 4.68 Å². The van der Waals surface area contributed by atoms with E-state index >= 15 is 0 Å². The normalized spacial score (nSPS) is 13.4. The van der Waals surface area contributed by atoms with Gasteiger partial charge in [0, 0.05) is 12.4 Å². The first-order valence-electron chi connectivity index (χ1n) is 4.40. The fourth-order valence-corrected chi connectivity index (χ4v) is 1.64. The van der Waals surface area contributed by atoms with Crippen LogP contribution in [0.3, 0.4) is 0 Å². The van der Waals surface area contributed by atoms with Gasteiger partial charge in [0.15, 0.2) is 0 Å². The van der Waals surface area contributed by atoms with Gasteiger partial charge in [-0.25, -0.2) is 4.39 Å². The Hall–Kier alpha value is -1.58. The summed E-state index contributed by atoms with van der Waals surface area (Å²) in [6.07, 6.45) is -1.12. The van der Waals surface area contributed by atoms with E-state index in [4.69, 9.17) is 0 Å². The monoisotopic (exact) mass is 194 g/mol. The van der Waals surface area contributed by atoms with Crippen LogP contribution >= 0.6 is 0 Å². The molecule has 2 aromatic rings. The number of nitrogens with zero attached hydrogens (tertiary/aromatic N) is 2. The molecule has 3 nitrogen and oxygen atoms in total. The second-order valence-electron chi connectivity index (χ2n) is 3.30. The first-order valence-corrected chi connectivity index (χ1v) is 4.40. The Balaban J connectivity index is 2.84. The van der Waals surface area contributed by atoms with E-state index in [9.17, 15) is 9.50 Å². The highest BCUT2D eigenvalue weighted by atomic mass is 19.1. The molecule has 0 aliphatic rings. The van der Waals surface area contributed by atoms with Crippen LogP contribution in [0.5, 0.6) is 5.75 Å². The Morgan fingerprint density at radius 2 is 2.21 bits per heavy atom. The van der Waals surface area contributed by atoms with Crippen molar-refractivity contribution in [2.24, 2.45) is 7.05 Å². The molecule has 0 aliphatic heterocycles. The minimum atomic E-state index is -1.12. The van der Waals surface area contributed by atoms with E-state index in [1.807, 2.05) is 0 Å². The van der Waals surface area contributed by atoms with Crippen molar-refractivity contribution in [2.75, 3.05) is 0 Å². The van der Waals surface area contributed by atoms with Crippen molar-refractivity contribution in [1.29, 1.82) is 0 Å². The molecule has 1 atom stereocenters. The second kappa shape index (κ2) is 2.97. The molecule has 0 aliphatic carbocycles. The molecule has 0 radical (unpaired) electrons. The van der Waals surface area contributed by atoms with E-state index in [2.05, 4.69) is 5.10 Å². The molecule has 0 fully saturated rings. The van der Waals surface area contributed by atoms with Gasteiger partial charge < -0.3 is 5.11 Å². The Labute approximate surface area is 80.8 Å². The molecule has 0 amide bonds. The summed E-state index contributed by atoms with van der Waals surface area (Å²) >= 11 is 0. The van der Waals surface area contributed by atoms with Crippen LogP contribution in [-0.4, -0.2) is 14.9 Å². The van der Waals surface area contributed by atoms with Crippen molar-refractivity contribution in [2.45, 2.75) is 13.1 Å². The zero-order valence-corrected chi connectivity index (χ0v) is 8.03. The lowest BCUT2D eigenvalue weighted by atomic mass is 10.1. The molecule has 1 aromatic carbocycles. The first kappa shape index (κ1) is 8.99. The standard InChI is InChI=1S/C10H11FN2O/c1-6(11)9-7-4-3-5-8(14)10(7)13(2)12-9/h3-6,14H,1-2H3. The highest BCUT2D eigenvalue weighted by Gasteiger charge is 2.15. The average Bonchev–Trinajstić information content (AvgIpc) is 2.45. The molecule has 1 N–H and O–H groups in total. The largest absolute Gasteiger partial charge is 0.506 e. The lowest BCUT2D eigenvalue weighted by Crippen LogP contribution is -1.92. The molecule has 14 heavy (non-hydrogen) atoms. The Kier molecular flexibility index (Phi) is 1.91. The number of aromatic hydroxyl groups is 1. The first-order chi connectivity index (χ1) is 6.61. The number of para-hydroxylation sites is 1. The molecule has 0 saturated carbocycles. The third-order valence-electron chi connectivity index (χ3n) is 2.25. The average molecular weight is 194 g/mol. The molecule has 1 aromatic heterocycles. The van der Waals surface area contributed by atoms with Crippen LogP contribution in [0, 0.1) is 0 Å². The van der Waals surface area contributed by atoms with Crippen LogP contribution in [-0.2, 0) is 7.05 Å². The molecule has 74 valence electrons. The number of phenolic OH excluding ortho intramolecular Hbond substituents is 1. The van der Waals surface area contributed by atoms with Gasteiger partial charge in [0.2, 0.25) is 0 Å². The van der Waals surface area contributed by atoms with Crippen molar-refractivity contribution >= 4 is 10.9 Å². The molecular weight excluding hydrogens is 183 g/mol. The molecule has 0 spiro atoms. The summed E-state index contributed by atoms with van der Waals surface area (Å²) in [5.41, 5.74) is 0.949. The Morgan fingerprint density at radius 1 is 1.50 bits per heavy atom.